The molecule has 0 aliphatic heterocycles. The quantitative estimate of drug-likeness (QED) is 0.713. The van der Waals surface area contributed by atoms with Crippen LogP contribution in [-0.2, 0) is 7.05 Å². The number of rotatable bonds is 2. The number of carboxylic acid groups (broad SMARTS) is 1. The Morgan fingerprint density at radius 2 is 2.07 bits per heavy atom. The van der Waals surface area contributed by atoms with Crippen molar-refractivity contribution < 1.29 is 14.7 Å². The molecule has 1 rings (SSSR count). The minimum atomic E-state index is -1.20. The number of carbonyl (C=O) groups excluding carboxylic acids is 1. The summed E-state index contributed by atoms with van der Waals surface area (Å²) in [5.41, 5.74) is -0.115. The van der Waals surface area contributed by atoms with Crippen molar-refractivity contribution in [3.63, 3.8) is 0 Å². The normalized spacial score (nSPS) is 9.93. The monoisotopic (exact) mass is 197 g/mol. The van der Waals surface area contributed by atoms with E-state index >= 15 is 0 Å². The van der Waals surface area contributed by atoms with E-state index in [1.807, 2.05) is 0 Å². The summed E-state index contributed by atoms with van der Waals surface area (Å²) in [4.78, 5) is 23.5. The Labute approximate surface area is 80.7 Å². The summed E-state index contributed by atoms with van der Waals surface area (Å²) in [6.07, 6.45) is 1.39. The number of hydrogen-bond donors (Lipinski definition) is 1. The third kappa shape index (κ3) is 1.73. The van der Waals surface area contributed by atoms with Crippen molar-refractivity contribution in [2.75, 3.05) is 14.1 Å². The van der Waals surface area contributed by atoms with Crippen LogP contribution in [0.1, 0.15) is 20.8 Å². The van der Waals surface area contributed by atoms with Crippen molar-refractivity contribution in [2.24, 2.45) is 7.05 Å². The van der Waals surface area contributed by atoms with Crippen molar-refractivity contribution in [3.05, 3.63) is 17.5 Å². The average molecular weight is 197 g/mol. The predicted molar refractivity (Wildman–Crippen MR) is 48.2 cm³/mol. The molecule has 6 heteroatoms. The van der Waals surface area contributed by atoms with E-state index in [0.29, 0.717) is 0 Å². The Balaban J connectivity index is 3.20. The van der Waals surface area contributed by atoms with Crippen LogP contribution >= 0.6 is 0 Å². The van der Waals surface area contributed by atoms with Gasteiger partial charge in [0.2, 0.25) is 0 Å². The van der Waals surface area contributed by atoms with E-state index in [1.54, 1.807) is 21.1 Å². The van der Waals surface area contributed by atoms with E-state index in [-0.39, 0.29) is 17.2 Å². The highest BCUT2D eigenvalue weighted by Crippen LogP contribution is 2.08. The van der Waals surface area contributed by atoms with E-state index in [4.69, 9.17) is 5.11 Å². The van der Waals surface area contributed by atoms with Gasteiger partial charge in [-0.3, -0.25) is 9.48 Å². The molecule has 0 aromatic carbocycles. The number of nitrogens with zero attached hydrogens (tertiary/aromatic N) is 3. The van der Waals surface area contributed by atoms with E-state index in [1.165, 1.54) is 15.8 Å². The van der Waals surface area contributed by atoms with Crippen LogP contribution in [0, 0.1) is 0 Å². The number of aromatic carboxylic acids is 1. The molecule has 0 aliphatic carbocycles. The Morgan fingerprint density at radius 3 is 2.50 bits per heavy atom. The molecule has 0 radical (unpaired) electrons. The van der Waals surface area contributed by atoms with Gasteiger partial charge in [-0.25, -0.2) is 4.79 Å². The van der Waals surface area contributed by atoms with Crippen LogP contribution in [0.3, 0.4) is 0 Å². The summed E-state index contributed by atoms with van der Waals surface area (Å²) in [7, 11) is 4.68. The summed E-state index contributed by atoms with van der Waals surface area (Å²) in [5.74, 6) is -1.56. The summed E-state index contributed by atoms with van der Waals surface area (Å²) < 4.78 is 1.31. The van der Waals surface area contributed by atoms with Crippen LogP contribution in [0.4, 0.5) is 0 Å². The van der Waals surface area contributed by atoms with Gasteiger partial charge in [0, 0.05) is 27.3 Å². The van der Waals surface area contributed by atoms with Crippen molar-refractivity contribution in [1.29, 1.82) is 0 Å². The lowest BCUT2D eigenvalue weighted by atomic mass is 10.2. The first-order chi connectivity index (χ1) is 6.43. The number of hydrogen-bond acceptors (Lipinski definition) is 3. The van der Waals surface area contributed by atoms with Gasteiger partial charge in [-0.05, 0) is 0 Å². The zero-order chi connectivity index (χ0) is 10.9. The molecule has 0 atom stereocenters. The van der Waals surface area contributed by atoms with Gasteiger partial charge in [0.1, 0.15) is 0 Å². The molecule has 1 aromatic heterocycles. The standard InChI is InChI=1S/C8H11N3O3/c1-10(2)7(12)5-4-11(3)9-6(5)8(13)14/h4H,1-3H3,(H,13,14). The Bertz CT molecular complexity index is 381. The maximum Gasteiger partial charge on any atom is 0.357 e. The van der Waals surface area contributed by atoms with Crippen LogP contribution in [0.15, 0.2) is 6.20 Å². The number of aromatic nitrogens is 2. The van der Waals surface area contributed by atoms with Gasteiger partial charge in [-0.15, -0.1) is 0 Å². The van der Waals surface area contributed by atoms with Crippen LogP contribution in [0.5, 0.6) is 0 Å². The van der Waals surface area contributed by atoms with E-state index < -0.39 is 5.97 Å². The molecule has 1 N–H and O–H groups in total. The number of amides is 1. The molecule has 1 amide bonds. The van der Waals surface area contributed by atoms with Crippen LogP contribution < -0.4 is 0 Å². The fourth-order valence-corrected chi connectivity index (χ4v) is 1.04. The van der Waals surface area contributed by atoms with Gasteiger partial charge in [0.25, 0.3) is 5.91 Å². The minimum absolute atomic E-state index is 0.102. The third-order valence-electron chi connectivity index (χ3n) is 1.67. The molecule has 1 heterocycles. The largest absolute Gasteiger partial charge is 0.476 e. The first kappa shape index (κ1) is 10.2. The second-order valence-electron chi connectivity index (χ2n) is 3.07. The summed E-state index contributed by atoms with van der Waals surface area (Å²) >= 11 is 0. The van der Waals surface area contributed by atoms with Crippen LogP contribution in [0.25, 0.3) is 0 Å². The van der Waals surface area contributed by atoms with Gasteiger partial charge in [-0.1, -0.05) is 0 Å². The van der Waals surface area contributed by atoms with Gasteiger partial charge in [0.15, 0.2) is 5.69 Å². The Kier molecular flexibility index (Phi) is 2.55. The summed E-state index contributed by atoms with van der Waals surface area (Å²) in [5, 5.41) is 12.4. The second-order valence-corrected chi connectivity index (χ2v) is 3.07. The number of aryl methyl sites for hydroxylation is 1. The molecule has 0 bridgehead atoms. The van der Waals surface area contributed by atoms with Gasteiger partial charge in [-0.2, -0.15) is 5.10 Å². The maximum atomic E-state index is 11.5. The molecule has 0 fully saturated rings. The van der Waals surface area contributed by atoms with E-state index in [9.17, 15) is 9.59 Å². The molecular weight excluding hydrogens is 186 g/mol. The highest BCUT2D eigenvalue weighted by atomic mass is 16.4. The molecule has 14 heavy (non-hydrogen) atoms. The fraction of sp³-hybridized carbons (Fsp3) is 0.375. The molecule has 76 valence electrons. The number of carboxylic acids is 1. The topological polar surface area (TPSA) is 75.4 Å². The van der Waals surface area contributed by atoms with E-state index in [2.05, 4.69) is 5.10 Å². The Hall–Kier alpha value is -1.85. The van der Waals surface area contributed by atoms with Crippen molar-refractivity contribution in [3.8, 4) is 0 Å². The molecule has 0 saturated heterocycles. The SMILES string of the molecule is CN(C)C(=O)c1cn(C)nc1C(=O)O. The average Bonchev–Trinajstić information content (AvgIpc) is 2.45. The molecule has 1 aromatic rings. The second kappa shape index (κ2) is 3.49. The van der Waals surface area contributed by atoms with Crippen molar-refractivity contribution >= 4 is 11.9 Å². The zero-order valence-electron chi connectivity index (χ0n) is 8.18. The predicted octanol–water partition coefficient (Wildman–Crippen LogP) is -0.180. The van der Waals surface area contributed by atoms with E-state index in [0.717, 1.165) is 0 Å². The van der Waals surface area contributed by atoms with Crippen LogP contribution in [0.2, 0.25) is 0 Å². The fourth-order valence-electron chi connectivity index (χ4n) is 1.04. The lowest BCUT2D eigenvalue weighted by Gasteiger charge is -2.08. The van der Waals surface area contributed by atoms with Crippen molar-refractivity contribution in [1.82, 2.24) is 14.7 Å². The van der Waals surface area contributed by atoms with Crippen molar-refractivity contribution in [2.45, 2.75) is 0 Å². The first-order valence-corrected chi connectivity index (χ1v) is 3.92. The smallest absolute Gasteiger partial charge is 0.357 e. The molecule has 0 aliphatic rings. The zero-order valence-corrected chi connectivity index (χ0v) is 8.18. The number of carbonyl (C=O) groups is 2. The summed E-state index contributed by atoms with van der Waals surface area (Å²) in [6, 6.07) is 0. The molecular formula is C8H11N3O3. The van der Waals surface area contributed by atoms with Gasteiger partial charge < -0.3 is 10.0 Å². The third-order valence-corrected chi connectivity index (χ3v) is 1.67. The highest BCUT2D eigenvalue weighted by Gasteiger charge is 2.21. The molecule has 0 spiro atoms. The molecule has 0 saturated carbocycles. The van der Waals surface area contributed by atoms with Gasteiger partial charge in [0.05, 0.1) is 5.56 Å². The van der Waals surface area contributed by atoms with Gasteiger partial charge >= 0.3 is 5.97 Å². The minimum Gasteiger partial charge on any atom is -0.476 e. The lowest BCUT2D eigenvalue weighted by molar-refractivity contribution is 0.0678. The first-order valence-electron chi connectivity index (χ1n) is 3.92. The molecule has 6 nitrogen and oxygen atoms in total. The highest BCUT2D eigenvalue weighted by molar-refractivity contribution is 6.03. The van der Waals surface area contributed by atoms with Crippen LogP contribution in [-0.4, -0.2) is 45.8 Å². The maximum absolute atomic E-state index is 11.5. The summed E-state index contributed by atoms with van der Waals surface area (Å²) in [6.45, 7) is 0. The lowest BCUT2D eigenvalue weighted by Crippen LogP contribution is -2.23. The molecule has 0 unspecified atom stereocenters. The Morgan fingerprint density at radius 1 is 1.50 bits per heavy atom.